The second-order valence-corrected chi connectivity index (χ2v) is 8.28. The molecule has 2 aromatic rings. The predicted molar refractivity (Wildman–Crippen MR) is 118 cm³/mol. The van der Waals surface area contributed by atoms with E-state index in [-0.39, 0.29) is 37.2 Å². The minimum Gasteiger partial charge on any atom is -0.391 e. The molecule has 0 aromatic heterocycles. The highest BCUT2D eigenvalue weighted by Crippen LogP contribution is 2.32. The lowest BCUT2D eigenvalue weighted by atomic mass is 9.99. The molecular formula is C24H27N3O4. The van der Waals surface area contributed by atoms with Crippen LogP contribution in [0.4, 0.5) is 11.4 Å². The second-order valence-electron chi connectivity index (χ2n) is 8.28. The van der Waals surface area contributed by atoms with Gasteiger partial charge in [-0.05, 0) is 42.2 Å². The molecule has 0 aliphatic carbocycles. The Morgan fingerprint density at radius 2 is 1.87 bits per heavy atom. The van der Waals surface area contributed by atoms with Crippen LogP contribution in [0.15, 0.2) is 48.5 Å². The van der Waals surface area contributed by atoms with Gasteiger partial charge in [-0.25, -0.2) is 0 Å². The number of fused-ring (bicyclic) bond motifs is 2. The van der Waals surface area contributed by atoms with Crippen molar-refractivity contribution in [3.05, 3.63) is 59.7 Å². The predicted octanol–water partition coefficient (Wildman–Crippen LogP) is 2.76. The first kappa shape index (κ1) is 21.1. The van der Waals surface area contributed by atoms with Gasteiger partial charge in [-0.2, -0.15) is 0 Å². The van der Waals surface area contributed by atoms with Gasteiger partial charge in [0.2, 0.25) is 11.8 Å². The minimum atomic E-state index is -0.766. The van der Waals surface area contributed by atoms with Gasteiger partial charge in [0.1, 0.15) is 12.6 Å². The number of nitrogens with zero attached hydrogens (tertiary/aromatic N) is 2. The molecule has 2 aromatic carbocycles. The molecule has 7 nitrogen and oxygen atoms in total. The summed E-state index contributed by atoms with van der Waals surface area (Å²) in [4.78, 5) is 41.8. The molecule has 2 aliphatic rings. The van der Waals surface area contributed by atoms with Gasteiger partial charge in [-0.15, -0.1) is 0 Å². The number of benzene rings is 2. The molecule has 2 N–H and O–H groups in total. The quantitative estimate of drug-likeness (QED) is 0.777. The number of aliphatic hydroxyl groups is 1. The minimum absolute atomic E-state index is 0.117. The molecule has 3 atom stereocenters. The zero-order valence-corrected chi connectivity index (χ0v) is 17.7. The fourth-order valence-electron chi connectivity index (χ4n) is 4.25. The van der Waals surface area contributed by atoms with Crippen molar-refractivity contribution in [1.82, 2.24) is 4.90 Å². The van der Waals surface area contributed by atoms with Crippen molar-refractivity contribution < 1.29 is 19.5 Å². The van der Waals surface area contributed by atoms with E-state index in [0.717, 1.165) is 6.42 Å². The zero-order valence-electron chi connectivity index (χ0n) is 17.7. The molecule has 1 unspecified atom stereocenters. The van der Waals surface area contributed by atoms with Crippen LogP contribution in [0, 0.1) is 0 Å². The third-order valence-electron chi connectivity index (χ3n) is 6.19. The first-order valence-electron chi connectivity index (χ1n) is 10.7. The number of aliphatic hydroxyl groups excluding tert-OH is 1. The van der Waals surface area contributed by atoms with E-state index >= 15 is 0 Å². The molecule has 31 heavy (non-hydrogen) atoms. The maximum Gasteiger partial charge on any atom is 0.256 e. The van der Waals surface area contributed by atoms with Crippen LogP contribution in [0.5, 0.6) is 0 Å². The Kier molecular flexibility index (Phi) is 5.78. The SMILES string of the molecule is CCC(C)c1ccc(NC(=O)CN2C(=O)[C@H]3C[C@H](O)CN3C(=O)c3ccccc32)cc1. The van der Waals surface area contributed by atoms with Crippen LogP contribution in [0.25, 0.3) is 0 Å². The number of hydrogen-bond donors (Lipinski definition) is 2. The third kappa shape index (κ3) is 4.05. The molecule has 0 bridgehead atoms. The van der Waals surface area contributed by atoms with Crippen molar-refractivity contribution in [2.75, 3.05) is 23.3 Å². The molecule has 1 fully saturated rings. The van der Waals surface area contributed by atoms with E-state index in [4.69, 9.17) is 0 Å². The molecule has 2 heterocycles. The Bertz CT molecular complexity index is 1000. The Morgan fingerprint density at radius 1 is 1.16 bits per heavy atom. The van der Waals surface area contributed by atoms with Crippen LogP contribution in [-0.2, 0) is 9.59 Å². The first-order chi connectivity index (χ1) is 14.9. The molecule has 0 spiro atoms. The summed E-state index contributed by atoms with van der Waals surface area (Å²) in [6.07, 6.45) is 0.463. The van der Waals surface area contributed by atoms with E-state index in [1.807, 2.05) is 24.3 Å². The standard InChI is InChI=1S/C24H27N3O4/c1-3-15(2)16-8-10-17(11-9-16)25-22(29)14-27-20-7-5-4-6-19(20)23(30)26-13-18(28)12-21(26)24(27)31/h4-11,15,18,21,28H,3,12-14H2,1-2H3,(H,25,29)/t15?,18-,21+/m0/s1. The number of nitrogens with one attached hydrogen (secondary N) is 1. The van der Waals surface area contributed by atoms with E-state index in [9.17, 15) is 19.5 Å². The number of amides is 3. The fourth-order valence-corrected chi connectivity index (χ4v) is 4.25. The lowest BCUT2D eigenvalue weighted by Crippen LogP contribution is -2.47. The molecule has 162 valence electrons. The zero-order chi connectivity index (χ0) is 22.1. The van der Waals surface area contributed by atoms with E-state index in [1.54, 1.807) is 24.3 Å². The molecule has 0 radical (unpaired) electrons. The lowest BCUT2D eigenvalue weighted by molar-refractivity contribution is -0.124. The Hall–Kier alpha value is -3.19. The summed E-state index contributed by atoms with van der Waals surface area (Å²) in [6.45, 7) is 4.19. The maximum absolute atomic E-state index is 13.3. The van der Waals surface area contributed by atoms with Crippen molar-refractivity contribution in [1.29, 1.82) is 0 Å². The van der Waals surface area contributed by atoms with Gasteiger partial charge in [0.25, 0.3) is 5.91 Å². The van der Waals surface area contributed by atoms with Crippen molar-refractivity contribution in [3.8, 4) is 0 Å². The van der Waals surface area contributed by atoms with Gasteiger partial charge in [-0.1, -0.05) is 38.1 Å². The summed E-state index contributed by atoms with van der Waals surface area (Å²) in [7, 11) is 0. The Labute approximate surface area is 181 Å². The van der Waals surface area contributed by atoms with Crippen LogP contribution < -0.4 is 10.2 Å². The smallest absolute Gasteiger partial charge is 0.256 e. The van der Waals surface area contributed by atoms with E-state index < -0.39 is 12.1 Å². The highest BCUT2D eigenvalue weighted by Gasteiger charge is 2.45. The van der Waals surface area contributed by atoms with E-state index in [2.05, 4.69) is 19.2 Å². The average Bonchev–Trinajstić information content (AvgIpc) is 3.15. The third-order valence-corrected chi connectivity index (χ3v) is 6.19. The molecule has 1 saturated heterocycles. The largest absolute Gasteiger partial charge is 0.391 e. The number of carbonyl (C=O) groups is 3. The number of rotatable bonds is 5. The molecular weight excluding hydrogens is 394 g/mol. The Balaban J connectivity index is 1.56. The van der Waals surface area contributed by atoms with Gasteiger partial charge in [0.05, 0.1) is 17.4 Å². The first-order valence-corrected chi connectivity index (χ1v) is 10.7. The average molecular weight is 421 g/mol. The van der Waals surface area contributed by atoms with E-state index in [1.165, 1.54) is 15.4 Å². The van der Waals surface area contributed by atoms with Crippen LogP contribution >= 0.6 is 0 Å². The van der Waals surface area contributed by atoms with Gasteiger partial charge in [0.15, 0.2) is 0 Å². The summed E-state index contributed by atoms with van der Waals surface area (Å²) in [5.41, 5.74) is 2.64. The summed E-state index contributed by atoms with van der Waals surface area (Å²) >= 11 is 0. The van der Waals surface area contributed by atoms with Crippen LogP contribution in [-0.4, -0.2) is 53.0 Å². The number of hydrogen-bond acceptors (Lipinski definition) is 4. The maximum atomic E-state index is 13.3. The van der Waals surface area contributed by atoms with E-state index in [0.29, 0.717) is 22.9 Å². The monoisotopic (exact) mass is 421 g/mol. The van der Waals surface area contributed by atoms with Crippen LogP contribution in [0.3, 0.4) is 0 Å². The van der Waals surface area contributed by atoms with Crippen molar-refractivity contribution in [3.63, 3.8) is 0 Å². The summed E-state index contributed by atoms with van der Waals surface area (Å²) in [6, 6.07) is 13.7. The second kappa shape index (κ2) is 8.51. The molecule has 0 saturated carbocycles. The number of carbonyl (C=O) groups excluding carboxylic acids is 3. The highest BCUT2D eigenvalue weighted by molar-refractivity contribution is 6.13. The van der Waals surface area contributed by atoms with Gasteiger partial charge in [0, 0.05) is 18.7 Å². The fraction of sp³-hybridized carbons (Fsp3) is 0.375. The normalized spacial score (nSPS) is 21.4. The summed E-state index contributed by atoms with van der Waals surface area (Å²) < 4.78 is 0. The Morgan fingerprint density at radius 3 is 2.58 bits per heavy atom. The van der Waals surface area contributed by atoms with Crippen LogP contribution in [0.1, 0.15) is 48.5 Å². The van der Waals surface area contributed by atoms with Crippen molar-refractivity contribution in [2.45, 2.75) is 44.8 Å². The van der Waals surface area contributed by atoms with Gasteiger partial charge < -0.3 is 20.2 Å². The number of para-hydroxylation sites is 1. The topological polar surface area (TPSA) is 89.9 Å². The molecule has 3 amide bonds. The number of anilines is 2. The molecule has 4 rings (SSSR count). The highest BCUT2D eigenvalue weighted by atomic mass is 16.3. The van der Waals surface area contributed by atoms with Gasteiger partial charge >= 0.3 is 0 Å². The van der Waals surface area contributed by atoms with Gasteiger partial charge in [-0.3, -0.25) is 14.4 Å². The van der Waals surface area contributed by atoms with Crippen LogP contribution in [0.2, 0.25) is 0 Å². The van der Waals surface area contributed by atoms with Crippen molar-refractivity contribution >= 4 is 29.1 Å². The molecule has 2 aliphatic heterocycles. The summed E-state index contributed by atoms with van der Waals surface area (Å²) in [5, 5.41) is 12.9. The summed E-state index contributed by atoms with van der Waals surface area (Å²) in [5.74, 6) is -0.553. The molecule has 7 heteroatoms. The van der Waals surface area contributed by atoms with Crippen molar-refractivity contribution in [2.24, 2.45) is 0 Å². The lowest BCUT2D eigenvalue weighted by Gasteiger charge is -2.25.